The number of unbranched alkanes of at least 4 members (excludes halogenated alkanes) is 3. The van der Waals surface area contributed by atoms with Crippen molar-refractivity contribution >= 4 is 22.6 Å². The average Bonchev–Trinajstić information content (AvgIpc) is 2.72. The van der Waals surface area contributed by atoms with Crippen molar-refractivity contribution in [3.05, 3.63) is 68.5 Å². The van der Waals surface area contributed by atoms with Crippen molar-refractivity contribution in [3.8, 4) is 11.5 Å². The van der Waals surface area contributed by atoms with Gasteiger partial charge in [-0.3, -0.25) is 0 Å². The first kappa shape index (κ1) is 21.3. The van der Waals surface area contributed by atoms with E-state index in [4.69, 9.17) is 25.5 Å². The molecule has 0 aliphatic heterocycles. The van der Waals surface area contributed by atoms with E-state index < -0.39 is 0 Å². The maximum Gasteiger partial charge on any atom is 0.339 e. The first-order valence-electron chi connectivity index (χ1n) is 10.0. The van der Waals surface area contributed by atoms with Crippen LogP contribution in [0.1, 0.15) is 49.3 Å². The predicted octanol–water partition coefficient (Wildman–Crippen LogP) is 6.47. The molecule has 3 rings (SSSR count). The van der Waals surface area contributed by atoms with Crippen molar-refractivity contribution in [2.45, 2.75) is 52.6 Å². The molecule has 0 N–H and O–H groups in total. The largest absolute Gasteiger partial charge is 0.497 e. The van der Waals surface area contributed by atoms with Gasteiger partial charge < -0.3 is 13.9 Å². The Morgan fingerprint density at radius 3 is 2.69 bits per heavy atom. The quantitative estimate of drug-likeness (QED) is 0.297. The van der Waals surface area contributed by atoms with Crippen molar-refractivity contribution in [1.29, 1.82) is 0 Å². The molecule has 29 heavy (non-hydrogen) atoms. The van der Waals surface area contributed by atoms with E-state index in [0.29, 0.717) is 23.0 Å². The number of aryl methyl sites for hydroxylation is 1. The minimum Gasteiger partial charge on any atom is -0.497 e. The second-order valence-electron chi connectivity index (χ2n) is 7.22. The number of fused-ring (bicyclic) bond motifs is 1. The van der Waals surface area contributed by atoms with Gasteiger partial charge >= 0.3 is 5.63 Å². The summed E-state index contributed by atoms with van der Waals surface area (Å²) in [7, 11) is 1.63. The summed E-state index contributed by atoms with van der Waals surface area (Å²) < 4.78 is 16.7. The van der Waals surface area contributed by atoms with Gasteiger partial charge in [0.15, 0.2) is 0 Å². The molecule has 3 aromatic rings. The fourth-order valence-electron chi connectivity index (χ4n) is 3.44. The molecule has 0 saturated carbocycles. The highest BCUT2D eigenvalue weighted by Gasteiger charge is 2.14. The molecule has 0 fully saturated rings. The Morgan fingerprint density at radius 2 is 1.93 bits per heavy atom. The van der Waals surface area contributed by atoms with Crippen LogP contribution < -0.4 is 15.1 Å². The zero-order chi connectivity index (χ0) is 20.8. The molecule has 0 bridgehead atoms. The van der Waals surface area contributed by atoms with Gasteiger partial charge in [-0.25, -0.2) is 4.79 Å². The first-order chi connectivity index (χ1) is 14.0. The van der Waals surface area contributed by atoms with Gasteiger partial charge in [0.25, 0.3) is 0 Å². The summed E-state index contributed by atoms with van der Waals surface area (Å²) in [5.41, 5.74) is 2.87. The molecule has 154 valence electrons. The summed E-state index contributed by atoms with van der Waals surface area (Å²) in [6.45, 7) is 4.47. The highest BCUT2D eigenvalue weighted by molar-refractivity contribution is 6.32. The van der Waals surface area contributed by atoms with Crippen LogP contribution in [0.15, 0.2) is 45.6 Å². The monoisotopic (exact) mass is 414 g/mol. The van der Waals surface area contributed by atoms with E-state index in [0.717, 1.165) is 47.1 Å². The van der Waals surface area contributed by atoms with Gasteiger partial charge in [0, 0.05) is 17.0 Å². The van der Waals surface area contributed by atoms with Gasteiger partial charge in [0.1, 0.15) is 23.7 Å². The van der Waals surface area contributed by atoms with Crippen LogP contribution in [0.25, 0.3) is 11.0 Å². The van der Waals surface area contributed by atoms with Crippen LogP contribution >= 0.6 is 11.6 Å². The second kappa shape index (κ2) is 9.84. The summed E-state index contributed by atoms with van der Waals surface area (Å²) in [5, 5.41) is 1.35. The van der Waals surface area contributed by atoms with Crippen molar-refractivity contribution in [1.82, 2.24) is 0 Å². The van der Waals surface area contributed by atoms with Crippen LogP contribution in [0.5, 0.6) is 11.5 Å². The smallest absolute Gasteiger partial charge is 0.339 e. The predicted molar refractivity (Wildman–Crippen MR) is 117 cm³/mol. The number of hydrogen-bond acceptors (Lipinski definition) is 4. The van der Waals surface area contributed by atoms with Crippen LogP contribution in [0.3, 0.4) is 0 Å². The van der Waals surface area contributed by atoms with E-state index in [1.54, 1.807) is 13.2 Å². The lowest BCUT2D eigenvalue weighted by atomic mass is 10.0. The van der Waals surface area contributed by atoms with Gasteiger partial charge in [-0.15, -0.1) is 0 Å². The molecule has 1 aromatic heterocycles. The lowest BCUT2D eigenvalue weighted by Crippen LogP contribution is -2.10. The van der Waals surface area contributed by atoms with Crippen molar-refractivity contribution in [3.63, 3.8) is 0 Å². The van der Waals surface area contributed by atoms with Crippen LogP contribution in [0, 0.1) is 6.92 Å². The number of rotatable bonds is 9. The van der Waals surface area contributed by atoms with E-state index in [1.807, 2.05) is 37.3 Å². The molecule has 0 atom stereocenters. The lowest BCUT2D eigenvalue weighted by Gasteiger charge is -2.12. The number of hydrogen-bond donors (Lipinski definition) is 0. The third kappa shape index (κ3) is 5.13. The van der Waals surface area contributed by atoms with Gasteiger partial charge in [0.05, 0.1) is 12.1 Å². The van der Waals surface area contributed by atoms with E-state index in [9.17, 15) is 4.79 Å². The summed E-state index contributed by atoms with van der Waals surface area (Å²) in [6.07, 6.45) is 5.18. The summed E-state index contributed by atoms with van der Waals surface area (Å²) >= 11 is 6.47. The minimum absolute atomic E-state index is 0.271. The van der Waals surface area contributed by atoms with Crippen molar-refractivity contribution < 1.29 is 13.9 Å². The normalized spacial score (nSPS) is 11.0. The van der Waals surface area contributed by atoms with Gasteiger partial charge in [0.2, 0.25) is 0 Å². The Morgan fingerprint density at radius 1 is 1.10 bits per heavy atom. The molecule has 4 nitrogen and oxygen atoms in total. The molecule has 0 aliphatic rings. The molecule has 0 amide bonds. The Hall–Kier alpha value is -2.46. The maximum absolute atomic E-state index is 12.5. The standard InChI is InChI=1S/C24H27ClO4/c1-4-5-6-7-11-19-16(2)20-13-21(25)23(14-22(20)29-24(19)26)28-15-17-9-8-10-18(12-17)27-3/h8-10,12-14H,4-7,11,15H2,1-3H3. The lowest BCUT2D eigenvalue weighted by molar-refractivity contribution is 0.305. The van der Waals surface area contributed by atoms with Crippen molar-refractivity contribution in [2.75, 3.05) is 7.11 Å². The van der Waals surface area contributed by atoms with E-state index >= 15 is 0 Å². The maximum atomic E-state index is 12.5. The highest BCUT2D eigenvalue weighted by Crippen LogP contribution is 2.33. The summed E-state index contributed by atoms with van der Waals surface area (Å²) in [5.74, 6) is 1.25. The molecule has 0 saturated heterocycles. The van der Waals surface area contributed by atoms with E-state index in [1.165, 1.54) is 12.8 Å². The summed E-state index contributed by atoms with van der Waals surface area (Å²) in [6, 6.07) is 11.2. The number of methoxy groups -OCH3 is 1. The van der Waals surface area contributed by atoms with Crippen LogP contribution in [0.2, 0.25) is 5.02 Å². The molecule has 5 heteroatoms. The Bertz CT molecular complexity index is 1040. The third-order valence-corrected chi connectivity index (χ3v) is 5.44. The first-order valence-corrected chi connectivity index (χ1v) is 10.4. The Labute approximate surface area is 176 Å². The highest BCUT2D eigenvalue weighted by atomic mass is 35.5. The second-order valence-corrected chi connectivity index (χ2v) is 7.63. The number of halogens is 1. The molecular weight excluding hydrogens is 388 g/mol. The zero-order valence-corrected chi connectivity index (χ0v) is 18.0. The van der Waals surface area contributed by atoms with Crippen LogP contribution in [0.4, 0.5) is 0 Å². The number of benzene rings is 2. The van der Waals surface area contributed by atoms with Gasteiger partial charge in [-0.1, -0.05) is 49.9 Å². The third-order valence-electron chi connectivity index (χ3n) is 5.15. The molecular formula is C24H27ClO4. The average molecular weight is 415 g/mol. The molecule has 0 spiro atoms. The van der Waals surface area contributed by atoms with E-state index in [2.05, 4.69) is 6.92 Å². The van der Waals surface area contributed by atoms with Gasteiger partial charge in [-0.05, 0) is 49.1 Å². The fraction of sp³-hybridized carbons (Fsp3) is 0.375. The van der Waals surface area contributed by atoms with Crippen LogP contribution in [-0.2, 0) is 13.0 Å². The molecule has 0 unspecified atom stereocenters. The fourth-order valence-corrected chi connectivity index (χ4v) is 3.66. The van der Waals surface area contributed by atoms with Gasteiger partial charge in [-0.2, -0.15) is 0 Å². The molecule has 0 aliphatic carbocycles. The van der Waals surface area contributed by atoms with Crippen LogP contribution in [-0.4, -0.2) is 7.11 Å². The number of ether oxygens (including phenoxy) is 2. The summed E-state index contributed by atoms with van der Waals surface area (Å²) in [4.78, 5) is 12.5. The molecule has 1 heterocycles. The minimum atomic E-state index is -0.271. The topological polar surface area (TPSA) is 48.7 Å². The molecule has 2 aromatic carbocycles. The molecule has 0 radical (unpaired) electrons. The zero-order valence-electron chi connectivity index (χ0n) is 17.2. The SMILES string of the molecule is CCCCCCc1c(C)c2cc(Cl)c(OCc3cccc(OC)c3)cc2oc1=O. The Kier molecular flexibility index (Phi) is 7.21. The Balaban J connectivity index is 1.83. The van der Waals surface area contributed by atoms with Crippen molar-refractivity contribution in [2.24, 2.45) is 0 Å². The van der Waals surface area contributed by atoms with E-state index in [-0.39, 0.29) is 5.63 Å².